The van der Waals surface area contributed by atoms with Crippen molar-refractivity contribution < 1.29 is 8.83 Å². The second kappa shape index (κ2) is 10.4. The van der Waals surface area contributed by atoms with E-state index >= 15 is 0 Å². The number of para-hydroxylation sites is 2. The molecule has 198 valence electrons. The fraction of sp³-hybridized carbons (Fsp3) is 0.0526. The first kappa shape index (κ1) is 24.7. The molecule has 0 N–H and O–H groups in total. The zero-order valence-corrected chi connectivity index (χ0v) is 23.0. The van der Waals surface area contributed by atoms with Crippen LogP contribution in [0.3, 0.4) is 0 Å². The summed E-state index contributed by atoms with van der Waals surface area (Å²) in [5.74, 6) is 0. The van der Waals surface area contributed by atoms with Crippen molar-refractivity contribution in [2.45, 2.75) is 13.8 Å². The molecule has 0 radical (unpaired) electrons. The van der Waals surface area contributed by atoms with Crippen molar-refractivity contribution in [1.82, 2.24) is 0 Å². The molecule has 0 saturated carbocycles. The zero-order chi connectivity index (χ0) is 27.8. The largest absolute Gasteiger partial charge is 0.456 e. The van der Waals surface area contributed by atoms with Crippen molar-refractivity contribution in [3.05, 3.63) is 140 Å². The molecule has 0 amide bonds. The van der Waals surface area contributed by atoms with Gasteiger partial charge in [-0.25, -0.2) is 0 Å². The maximum atomic E-state index is 6.13. The molecule has 3 nitrogen and oxygen atoms in total. The number of nitrogens with zero attached hydrogens (tertiary/aromatic N) is 1. The Kier molecular flexibility index (Phi) is 6.25. The molecule has 8 rings (SSSR count). The lowest BCUT2D eigenvalue weighted by Gasteiger charge is -2.26. The fourth-order valence-electron chi connectivity index (χ4n) is 5.59. The predicted molar refractivity (Wildman–Crippen MR) is 172 cm³/mol. The summed E-state index contributed by atoms with van der Waals surface area (Å²) in [7, 11) is 0. The van der Waals surface area contributed by atoms with E-state index in [4.69, 9.17) is 8.83 Å². The summed E-state index contributed by atoms with van der Waals surface area (Å²) in [6.45, 7) is 4.00. The Morgan fingerprint density at radius 3 is 1.32 bits per heavy atom. The Labute approximate surface area is 238 Å². The van der Waals surface area contributed by atoms with Crippen molar-refractivity contribution in [2.75, 3.05) is 4.90 Å². The Bertz CT molecular complexity index is 2000. The van der Waals surface area contributed by atoms with Gasteiger partial charge in [-0.05, 0) is 71.8 Å². The molecular formula is C38H29NO2. The molecule has 2 aromatic heterocycles. The summed E-state index contributed by atoms with van der Waals surface area (Å²) in [6.07, 6.45) is 0. The molecule has 0 aliphatic rings. The van der Waals surface area contributed by atoms with Gasteiger partial charge in [-0.2, -0.15) is 0 Å². The van der Waals surface area contributed by atoms with Gasteiger partial charge in [-0.1, -0.05) is 92.7 Å². The number of hydrogen-bond donors (Lipinski definition) is 0. The molecule has 2 heterocycles. The van der Waals surface area contributed by atoms with Gasteiger partial charge in [-0.15, -0.1) is 0 Å². The van der Waals surface area contributed by atoms with Gasteiger partial charge in [0, 0.05) is 38.6 Å². The molecule has 0 atom stereocenters. The minimum atomic E-state index is 0.885. The fourth-order valence-corrected chi connectivity index (χ4v) is 5.59. The van der Waals surface area contributed by atoms with Crippen LogP contribution in [0.5, 0.6) is 0 Å². The lowest BCUT2D eigenvalue weighted by molar-refractivity contribution is 0.668. The molecule has 6 aromatic carbocycles. The Morgan fingerprint density at radius 2 is 0.780 bits per heavy atom. The Balaban J connectivity index is 0.00000135. The minimum Gasteiger partial charge on any atom is -0.456 e. The number of benzene rings is 6. The van der Waals surface area contributed by atoms with Crippen LogP contribution in [0, 0.1) is 0 Å². The van der Waals surface area contributed by atoms with E-state index in [9.17, 15) is 0 Å². The Hall–Kier alpha value is -5.28. The van der Waals surface area contributed by atoms with Gasteiger partial charge in [-0.3, -0.25) is 0 Å². The van der Waals surface area contributed by atoms with E-state index in [1.165, 1.54) is 11.1 Å². The number of fused-ring (bicyclic) bond motifs is 6. The molecule has 0 saturated heterocycles. The summed E-state index contributed by atoms with van der Waals surface area (Å²) >= 11 is 0. The average Bonchev–Trinajstić information content (AvgIpc) is 3.61. The van der Waals surface area contributed by atoms with Crippen molar-refractivity contribution >= 4 is 60.9 Å². The van der Waals surface area contributed by atoms with Gasteiger partial charge >= 0.3 is 0 Å². The highest BCUT2D eigenvalue weighted by molar-refractivity contribution is 6.08. The highest BCUT2D eigenvalue weighted by Crippen LogP contribution is 2.41. The average molecular weight is 532 g/mol. The van der Waals surface area contributed by atoms with Crippen LogP contribution in [0.1, 0.15) is 13.8 Å². The van der Waals surface area contributed by atoms with Gasteiger partial charge in [0.05, 0.1) is 0 Å². The third-order valence-electron chi connectivity index (χ3n) is 7.47. The van der Waals surface area contributed by atoms with Crippen LogP contribution in [0.25, 0.3) is 55.0 Å². The monoisotopic (exact) mass is 531 g/mol. The Morgan fingerprint density at radius 1 is 0.366 bits per heavy atom. The highest BCUT2D eigenvalue weighted by atomic mass is 16.3. The molecule has 0 unspecified atom stereocenters. The molecule has 0 fully saturated rings. The molecule has 0 bridgehead atoms. The summed E-state index contributed by atoms with van der Waals surface area (Å²) in [5, 5.41) is 4.43. The standard InChI is InChI=1S/C36H23NO2.C2H6/c1-2-8-24(9-3-1)25-14-16-26(17-15-25)37(27-18-20-35-31(22-27)29-10-4-6-12-33(29)38-35)28-19-21-36-32(23-28)30-11-5-7-13-34(30)39-36;1-2/h1-23H;1-2H3. The summed E-state index contributed by atoms with van der Waals surface area (Å²) < 4.78 is 12.3. The van der Waals surface area contributed by atoms with E-state index in [0.717, 1.165) is 60.9 Å². The molecule has 8 aromatic rings. The zero-order valence-electron chi connectivity index (χ0n) is 23.0. The van der Waals surface area contributed by atoms with Gasteiger partial charge in [0.1, 0.15) is 22.3 Å². The second-order valence-electron chi connectivity index (χ2n) is 9.81. The third kappa shape index (κ3) is 4.32. The van der Waals surface area contributed by atoms with Crippen LogP contribution in [-0.4, -0.2) is 0 Å². The first-order valence-electron chi connectivity index (χ1n) is 14.1. The second-order valence-corrected chi connectivity index (χ2v) is 9.81. The van der Waals surface area contributed by atoms with Crippen LogP contribution < -0.4 is 4.90 Å². The van der Waals surface area contributed by atoms with E-state index in [1.807, 2.05) is 44.2 Å². The SMILES string of the molecule is CC.c1ccc(-c2ccc(N(c3ccc4oc5ccccc5c4c3)c3ccc4oc5ccccc5c4c3)cc2)cc1. The number of anilines is 3. The number of furan rings is 2. The normalized spacial score (nSPS) is 11.2. The first-order chi connectivity index (χ1) is 20.3. The maximum absolute atomic E-state index is 6.13. The van der Waals surface area contributed by atoms with E-state index in [0.29, 0.717) is 0 Å². The van der Waals surface area contributed by atoms with Crippen molar-refractivity contribution in [3.8, 4) is 11.1 Å². The van der Waals surface area contributed by atoms with E-state index < -0.39 is 0 Å². The quantitative estimate of drug-likeness (QED) is 0.226. The van der Waals surface area contributed by atoms with Gasteiger partial charge in [0.15, 0.2) is 0 Å². The van der Waals surface area contributed by atoms with Gasteiger partial charge < -0.3 is 13.7 Å². The minimum absolute atomic E-state index is 0.885. The van der Waals surface area contributed by atoms with E-state index in [-0.39, 0.29) is 0 Å². The van der Waals surface area contributed by atoms with Gasteiger partial charge in [0.25, 0.3) is 0 Å². The molecular weight excluding hydrogens is 502 g/mol. The van der Waals surface area contributed by atoms with Crippen LogP contribution in [0.4, 0.5) is 17.1 Å². The molecule has 0 aliphatic heterocycles. The molecule has 0 spiro atoms. The van der Waals surface area contributed by atoms with E-state index in [1.54, 1.807) is 0 Å². The number of hydrogen-bond acceptors (Lipinski definition) is 3. The third-order valence-corrected chi connectivity index (χ3v) is 7.47. The first-order valence-corrected chi connectivity index (χ1v) is 14.1. The lowest BCUT2D eigenvalue weighted by Crippen LogP contribution is -2.09. The molecule has 0 aliphatic carbocycles. The summed E-state index contributed by atoms with van der Waals surface area (Å²) in [4.78, 5) is 2.30. The smallest absolute Gasteiger partial charge is 0.135 e. The summed E-state index contributed by atoms with van der Waals surface area (Å²) in [5.41, 5.74) is 9.16. The maximum Gasteiger partial charge on any atom is 0.135 e. The van der Waals surface area contributed by atoms with Crippen molar-refractivity contribution in [1.29, 1.82) is 0 Å². The molecule has 3 heteroatoms. The van der Waals surface area contributed by atoms with Crippen LogP contribution in [0.15, 0.2) is 148 Å². The summed E-state index contributed by atoms with van der Waals surface area (Å²) in [6, 6.07) is 48.5. The van der Waals surface area contributed by atoms with E-state index in [2.05, 4.69) is 114 Å². The van der Waals surface area contributed by atoms with Gasteiger partial charge in [0.2, 0.25) is 0 Å². The topological polar surface area (TPSA) is 29.5 Å². The highest BCUT2D eigenvalue weighted by Gasteiger charge is 2.17. The van der Waals surface area contributed by atoms with Crippen LogP contribution >= 0.6 is 0 Å². The van der Waals surface area contributed by atoms with Crippen LogP contribution in [0.2, 0.25) is 0 Å². The molecule has 41 heavy (non-hydrogen) atoms. The van der Waals surface area contributed by atoms with Crippen molar-refractivity contribution in [2.24, 2.45) is 0 Å². The van der Waals surface area contributed by atoms with Crippen LogP contribution in [-0.2, 0) is 0 Å². The lowest BCUT2D eigenvalue weighted by atomic mass is 10.0. The number of rotatable bonds is 4. The predicted octanol–water partition coefficient (Wildman–Crippen LogP) is 11.6. The van der Waals surface area contributed by atoms with Crippen molar-refractivity contribution in [3.63, 3.8) is 0 Å².